The summed E-state index contributed by atoms with van der Waals surface area (Å²) in [4.78, 5) is 4.70. The molecule has 0 saturated heterocycles. The number of hydrogen-bond acceptors (Lipinski definition) is 3. The van der Waals surface area contributed by atoms with Crippen molar-refractivity contribution in [1.29, 1.82) is 5.41 Å². The summed E-state index contributed by atoms with van der Waals surface area (Å²) < 4.78 is 0. The maximum absolute atomic E-state index is 8.57. The van der Waals surface area contributed by atoms with E-state index in [1.54, 1.807) is 0 Å². The predicted octanol–water partition coefficient (Wildman–Crippen LogP) is 6.69. The first-order chi connectivity index (χ1) is 16.5. The zero-order valence-corrected chi connectivity index (χ0v) is 19.6. The van der Waals surface area contributed by atoms with Gasteiger partial charge in [-0.1, -0.05) is 85.5 Å². The Morgan fingerprint density at radius 1 is 0.912 bits per heavy atom. The van der Waals surface area contributed by atoms with Crippen LogP contribution in [0.15, 0.2) is 120 Å². The Hall–Kier alpha value is -4.44. The SMILES string of the molecule is C=C(N)/C=C(\C=C/C)c1cccc(C(/C=C/c2cccc(NC)c2)=NC(=N)c2ccccc2)c1. The highest BCUT2D eigenvalue weighted by atomic mass is 14.8. The number of allylic oxidation sites excluding steroid dienone is 5. The highest BCUT2D eigenvalue weighted by molar-refractivity contribution is 6.17. The lowest BCUT2D eigenvalue weighted by Crippen LogP contribution is -2.04. The minimum Gasteiger partial charge on any atom is -0.399 e. The largest absolute Gasteiger partial charge is 0.399 e. The van der Waals surface area contributed by atoms with Gasteiger partial charge < -0.3 is 11.1 Å². The molecule has 0 fully saturated rings. The predicted molar refractivity (Wildman–Crippen MR) is 147 cm³/mol. The van der Waals surface area contributed by atoms with E-state index in [1.165, 1.54) is 0 Å². The molecule has 170 valence electrons. The van der Waals surface area contributed by atoms with Crippen LogP contribution in [0.2, 0.25) is 0 Å². The molecule has 0 unspecified atom stereocenters. The van der Waals surface area contributed by atoms with Gasteiger partial charge in [-0.2, -0.15) is 0 Å². The number of benzene rings is 3. The second kappa shape index (κ2) is 12.0. The smallest absolute Gasteiger partial charge is 0.152 e. The molecule has 0 amide bonds. The van der Waals surface area contributed by atoms with Crippen molar-refractivity contribution in [3.8, 4) is 0 Å². The molecule has 3 rings (SSSR count). The van der Waals surface area contributed by atoms with Gasteiger partial charge in [0.2, 0.25) is 0 Å². The molecular formula is C30H30N4. The van der Waals surface area contributed by atoms with E-state index < -0.39 is 0 Å². The molecule has 0 bridgehead atoms. The quantitative estimate of drug-likeness (QED) is 0.205. The number of aliphatic imine (C=N–C) groups is 1. The van der Waals surface area contributed by atoms with Crippen molar-refractivity contribution in [2.24, 2.45) is 10.7 Å². The van der Waals surface area contributed by atoms with E-state index in [9.17, 15) is 0 Å². The highest BCUT2D eigenvalue weighted by Crippen LogP contribution is 2.20. The molecule has 0 aromatic heterocycles. The van der Waals surface area contributed by atoms with Gasteiger partial charge in [-0.05, 0) is 54.0 Å². The van der Waals surface area contributed by atoms with Gasteiger partial charge in [-0.25, -0.2) is 4.99 Å². The Kier molecular flexibility index (Phi) is 8.53. The fourth-order valence-corrected chi connectivity index (χ4v) is 3.42. The van der Waals surface area contributed by atoms with Gasteiger partial charge in [-0.3, -0.25) is 5.41 Å². The van der Waals surface area contributed by atoms with Crippen LogP contribution in [0.4, 0.5) is 5.69 Å². The van der Waals surface area contributed by atoms with Gasteiger partial charge in [0.15, 0.2) is 5.84 Å². The van der Waals surface area contributed by atoms with Crippen molar-refractivity contribution >= 4 is 28.9 Å². The summed E-state index contributed by atoms with van der Waals surface area (Å²) in [6.45, 7) is 5.77. The van der Waals surface area contributed by atoms with E-state index in [1.807, 2.05) is 111 Å². The van der Waals surface area contributed by atoms with E-state index in [0.717, 1.165) is 33.5 Å². The number of nitrogens with zero attached hydrogens (tertiary/aromatic N) is 1. The second-order valence-corrected chi connectivity index (χ2v) is 7.68. The molecule has 0 aliphatic heterocycles. The summed E-state index contributed by atoms with van der Waals surface area (Å²) in [5.74, 6) is 0.203. The monoisotopic (exact) mass is 446 g/mol. The van der Waals surface area contributed by atoms with Crippen molar-refractivity contribution in [2.75, 3.05) is 12.4 Å². The van der Waals surface area contributed by atoms with Gasteiger partial charge in [0.25, 0.3) is 0 Å². The topological polar surface area (TPSA) is 74.3 Å². The lowest BCUT2D eigenvalue weighted by atomic mass is 9.99. The Morgan fingerprint density at radius 2 is 1.62 bits per heavy atom. The molecular weight excluding hydrogens is 416 g/mol. The summed E-state index contributed by atoms with van der Waals surface area (Å²) >= 11 is 0. The van der Waals surface area contributed by atoms with Crippen LogP contribution in [0, 0.1) is 5.41 Å². The third-order valence-corrected chi connectivity index (χ3v) is 5.07. The third kappa shape index (κ3) is 6.78. The molecule has 0 heterocycles. The first-order valence-corrected chi connectivity index (χ1v) is 11.1. The molecule has 4 N–H and O–H groups in total. The number of anilines is 1. The lowest BCUT2D eigenvalue weighted by molar-refractivity contribution is 1.41. The van der Waals surface area contributed by atoms with Crippen LogP contribution in [0.1, 0.15) is 29.2 Å². The Morgan fingerprint density at radius 3 is 2.32 bits per heavy atom. The summed E-state index contributed by atoms with van der Waals surface area (Å²) in [7, 11) is 1.90. The average Bonchev–Trinajstić information content (AvgIpc) is 2.86. The van der Waals surface area contributed by atoms with Crippen molar-refractivity contribution in [3.63, 3.8) is 0 Å². The van der Waals surface area contributed by atoms with Crippen LogP contribution >= 0.6 is 0 Å². The van der Waals surface area contributed by atoms with Gasteiger partial charge >= 0.3 is 0 Å². The lowest BCUT2D eigenvalue weighted by Gasteiger charge is -2.09. The fourth-order valence-electron chi connectivity index (χ4n) is 3.42. The van der Waals surface area contributed by atoms with Crippen LogP contribution in [0.25, 0.3) is 11.6 Å². The van der Waals surface area contributed by atoms with Gasteiger partial charge in [-0.15, -0.1) is 0 Å². The Bertz CT molecular complexity index is 1280. The zero-order chi connectivity index (χ0) is 24.3. The maximum Gasteiger partial charge on any atom is 0.152 e. The van der Waals surface area contributed by atoms with Crippen LogP contribution in [-0.2, 0) is 0 Å². The minimum absolute atomic E-state index is 0.203. The van der Waals surface area contributed by atoms with Crippen molar-refractivity contribution in [3.05, 3.63) is 138 Å². The van der Waals surface area contributed by atoms with Crippen LogP contribution in [0.5, 0.6) is 0 Å². The summed E-state index contributed by atoms with van der Waals surface area (Å²) in [6.07, 6.45) is 9.78. The van der Waals surface area contributed by atoms with E-state index in [2.05, 4.69) is 24.0 Å². The number of nitrogens with one attached hydrogen (secondary N) is 2. The first kappa shape index (κ1) is 24.2. The van der Waals surface area contributed by atoms with Crippen molar-refractivity contribution < 1.29 is 0 Å². The Labute approximate surface area is 202 Å². The van der Waals surface area contributed by atoms with Crippen LogP contribution in [-0.4, -0.2) is 18.6 Å². The van der Waals surface area contributed by atoms with Gasteiger partial charge in [0.05, 0.1) is 5.71 Å². The molecule has 0 aliphatic rings. The summed E-state index contributed by atoms with van der Waals surface area (Å²) in [5.41, 5.74) is 12.7. The molecule has 0 atom stereocenters. The van der Waals surface area contributed by atoms with Crippen molar-refractivity contribution in [1.82, 2.24) is 0 Å². The van der Waals surface area contributed by atoms with E-state index in [0.29, 0.717) is 11.4 Å². The molecule has 0 radical (unpaired) electrons. The van der Waals surface area contributed by atoms with E-state index in [-0.39, 0.29) is 5.84 Å². The molecule has 0 aliphatic carbocycles. The fraction of sp³-hybridized carbons (Fsp3) is 0.0667. The van der Waals surface area contributed by atoms with E-state index >= 15 is 0 Å². The van der Waals surface area contributed by atoms with Crippen LogP contribution in [0.3, 0.4) is 0 Å². The molecule has 34 heavy (non-hydrogen) atoms. The molecule has 0 spiro atoms. The number of amidine groups is 1. The number of rotatable bonds is 8. The van der Waals surface area contributed by atoms with Gasteiger partial charge in [0, 0.05) is 29.6 Å². The van der Waals surface area contributed by atoms with Crippen LogP contribution < -0.4 is 11.1 Å². The molecule has 3 aromatic carbocycles. The molecule has 4 heteroatoms. The first-order valence-electron chi connectivity index (χ1n) is 11.1. The molecule has 0 saturated carbocycles. The Balaban J connectivity index is 2.08. The number of hydrogen-bond donors (Lipinski definition) is 3. The van der Waals surface area contributed by atoms with Gasteiger partial charge in [0.1, 0.15) is 0 Å². The second-order valence-electron chi connectivity index (χ2n) is 7.68. The molecule has 4 nitrogen and oxygen atoms in total. The zero-order valence-electron chi connectivity index (χ0n) is 19.6. The standard InChI is InChI=1S/C30H30N4/c1-4-10-25(19-22(2)31)26-14-9-15-27(21-26)29(34-30(32)24-12-6-5-7-13-24)18-17-23-11-8-16-28(20-23)33-3/h4-21,32-33H,2,31H2,1,3H3/b10-4-,18-17+,25-19+,32-30?,34-29?. The van der Waals surface area contributed by atoms with E-state index in [4.69, 9.17) is 16.1 Å². The number of nitrogens with two attached hydrogens (primary N) is 1. The summed E-state index contributed by atoms with van der Waals surface area (Å²) in [6, 6.07) is 25.7. The summed E-state index contributed by atoms with van der Waals surface area (Å²) in [5, 5.41) is 11.7. The highest BCUT2D eigenvalue weighted by Gasteiger charge is 2.07. The minimum atomic E-state index is 0.203. The maximum atomic E-state index is 8.57. The average molecular weight is 447 g/mol. The van der Waals surface area contributed by atoms with Crippen molar-refractivity contribution in [2.45, 2.75) is 6.92 Å². The third-order valence-electron chi connectivity index (χ3n) is 5.07. The normalized spacial score (nSPS) is 12.3. The molecule has 3 aromatic rings.